The van der Waals surface area contributed by atoms with Crippen molar-refractivity contribution in [2.45, 2.75) is 39.7 Å². The number of amides is 1. The number of hydrogen-bond donors (Lipinski definition) is 1. The number of fused-ring (bicyclic) bond motifs is 1. The van der Waals surface area contributed by atoms with E-state index in [1.165, 1.54) is 0 Å². The normalized spacial score (nSPS) is 13.9. The molecule has 3 heterocycles. The molecule has 0 spiro atoms. The first-order chi connectivity index (χ1) is 10.9. The Balaban J connectivity index is 1.91. The lowest BCUT2D eigenvalue weighted by Gasteiger charge is -2.26. The Labute approximate surface area is 137 Å². The van der Waals surface area contributed by atoms with Gasteiger partial charge in [0.25, 0.3) is 11.7 Å². The molecule has 1 amide bonds. The van der Waals surface area contributed by atoms with Crippen LogP contribution in [0.25, 0.3) is 5.78 Å². The molecule has 0 bridgehead atoms. The van der Waals surface area contributed by atoms with Crippen molar-refractivity contribution in [3.05, 3.63) is 39.9 Å². The standard InChI is InChI=1S/C15H18N6OS/c1-5-15(4,13-17-9(2)8-23-13)19-12(22)11-18-14-16-7-6-10(3)21(14)20-11/h6-8H,5H2,1-4H3,(H,19,22)/t15-/m0/s1. The second-order valence-electron chi connectivity index (χ2n) is 5.67. The number of aromatic nitrogens is 5. The molecule has 0 aliphatic carbocycles. The van der Waals surface area contributed by atoms with E-state index in [0.717, 1.165) is 22.8 Å². The second kappa shape index (κ2) is 5.69. The van der Waals surface area contributed by atoms with Gasteiger partial charge in [0, 0.05) is 23.0 Å². The summed E-state index contributed by atoms with van der Waals surface area (Å²) < 4.78 is 1.56. The minimum Gasteiger partial charge on any atom is -0.338 e. The summed E-state index contributed by atoms with van der Waals surface area (Å²) in [6, 6.07) is 1.82. The highest BCUT2D eigenvalue weighted by Gasteiger charge is 2.31. The molecule has 3 aromatic heterocycles. The molecule has 0 aromatic carbocycles. The number of aryl methyl sites for hydroxylation is 2. The van der Waals surface area contributed by atoms with Gasteiger partial charge in [-0.2, -0.15) is 4.98 Å². The summed E-state index contributed by atoms with van der Waals surface area (Å²) in [7, 11) is 0. The molecular formula is C15H18N6OS. The lowest BCUT2D eigenvalue weighted by Crippen LogP contribution is -2.43. The van der Waals surface area contributed by atoms with Crippen molar-refractivity contribution in [2.75, 3.05) is 0 Å². The van der Waals surface area contributed by atoms with E-state index in [2.05, 4.69) is 25.4 Å². The van der Waals surface area contributed by atoms with Gasteiger partial charge in [-0.3, -0.25) is 4.79 Å². The van der Waals surface area contributed by atoms with Crippen molar-refractivity contribution in [1.82, 2.24) is 29.9 Å². The molecule has 1 atom stereocenters. The van der Waals surface area contributed by atoms with E-state index < -0.39 is 5.54 Å². The van der Waals surface area contributed by atoms with E-state index in [4.69, 9.17) is 0 Å². The monoisotopic (exact) mass is 330 g/mol. The summed E-state index contributed by atoms with van der Waals surface area (Å²) in [5.74, 6) is 0.199. The van der Waals surface area contributed by atoms with Gasteiger partial charge in [-0.1, -0.05) is 6.92 Å². The van der Waals surface area contributed by atoms with Crippen LogP contribution in [-0.2, 0) is 5.54 Å². The second-order valence-corrected chi connectivity index (χ2v) is 6.53. The molecule has 0 aliphatic heterocycles. The Morgan fingerprint density at radius 2 is 2.17 bits per heavy atom. The SMILES string of the molecule is CC[C@](C)(NC(=O)c1nc2nccc(C)n2n1)c1nc(C)cs1. The Bertz CT molecular complexity index is 870. The van der Waals surface area contributed by atoms with Crippen LogP contribution < -0.4 is 5.32 Å². The number of rotatable bonds is 4. The maximum Gasteiger partial charge on any atom is 0.291 e. The number of nitrogens with one attached hydrogen (secondary N) is 1. The summed E-state index contributed by atoms with van der Waals surface area (Å²) >= 11 is 1.54. The number of carbonyl (C=O) groups is 1. The van der Waals surface area contributed by atoms with Gasteiger partial charge in [-0.05, 0) is 33.3 Å². The van der Waals surface area contributed by atoms with Crippen LogP contribution in [0.5, 0.6) is 0 Å². The van der Waals surface area contributed by atoms with Gasteiger partial charge in [0.2, 0.25) is 5.82 Å². The third-order valence-corrected chi connectivity index (χ3v) is 5.04. The molecule has 120 valence electrons. The molecule has 23 heavy (non-hydrogen) atoms. The van der Waals surface area contributed by atoms with E-state index in [9.17, 15) is 4.79 Å². The highest BCUT2D eigenvalue weighted by atomic mass is 32.1. The molecule has 0 radical (unpaired) electrons. The number of thiazole rings is 1. The Morgan fingerprint density at radius 3 is 2.78 bits per heavy atom. The molecule has 0 saturated carbocycles. The average molecular weight is 330 g/mol. The molecule has 0 saturated heterocycles. The number of hydrogen-bond acceptors (Lipinski definition) is 6. The molecule has 0 unspecified atom stereocenters. The largest absolute Gasteiger partial charge is 0.338 e. The molecule has 3 aromatic rings. The highest BCUT2D eigenvalue weighted by Crippen LogP contribution is 2.27. The van der Waals surface area contributed by atoms with E-state index in [1.54, 1.807) is 22.0 Å². The van der Waals surface area contributed by atoms with Gasteiger partial charge >= 0.3 is 0 Å². The van der Waals surface area contributed by atoms with Gasteiger partial charge < -0.3 is 5.32 Å². The smallest absolute Gasteiger partial charge is 0.291 e. The van der Waals surface area contributed by atoms with Crippen LogP contribution in [0, 0.1) is 13.8 Å². The molecule has 1 N–H and O–H groups in total. The maximum atomic E-state index is 12.6. The quantitative estimate of drug-likeness (QED) is 0.793. The zero-order chi connectivity index (χ0) is 16.6. The Hall–Kier alpha value is -2.35. The molecule has 0 aliphatic rings. The maximum absolute atomic E-state index is 12.6. The predicted molar refractivity (Wildman–Crippen MR) is 87.5 cm³/mol. The predicted octanol–water partition coefficient (Wildman–Crippen LogP) is 2.25. The van der Waals surface area contributed by atoms with Gasteiger partial charge in [0.15, 0.2) is 0 Å². The summed E-state index contributed by atoms with van der Waals surface area (Å²) in [5, 5.41) is 10.1. The first-order valence-electron chi connectivity index (χ1n) is 7.36. The minimum atomic E-state index is -0.546. The molecule has 7 nitrogen and oxygen atoms in total. The van der Waals surface area contributed by atoms with Crippen LogP contribution in [0.4, 0.5) is 0 Å². The van der Waals surface area contributed by atoms with E-state index >= 15 is 0 Å². The van der Waals surface area contributed by atoms with Crippen LogP contribution in [0.2, 0.25) is 0 Å². The average Bonchev–Trinajstić information content (AvgIpc) is 3.14. The fraction of sp³-hybridized carbons (Fsp3) is 0.400. The van der Waals surface area contributed by atoms with E-state index in [0.29, 0.717) is 5.78 Å². The van der Waals surface area contributed by atoms with Crippen molar-refractivity contribution in [3.8, 4) is 0 Å². The van der Waals surface area contributed by atoms with Crippen LogP contribution in [0.3, 0.4) is 0 Å². The lowest BCUT2D eigenvalue weighted by molar-refractivity contribution is 0.0891. The summed E-state index contributed by atoms with van der Waals surface area (Å²) in [4.78, 5) is 25.4. The molecule has 8 heteroatoms. The van der Waals surface area contributed by atoms with Crippen molar-refractivity contribution in [2.24, 2.45) is 0 Å². The minimum absolute atomic E-state index is 0.111. The number of nitrogens with zero attached hydrogens (tertiary/aromatic N) is 5. The van der Waals surface area contributed by atoms with Crippen molar-refractivity contribution in [1.29, 1.82) is 0 Å². The van der Waals surface area contributed by atoms with Gasteiger partial charge in [0.1, 0.15) is 5.01 Å². The molecular weight excluding hydrogens is 312 g/mol. The van der Waals surface area contributed by atoms with Crippen LogP contribution in [-0.4, -0.2) is 30.5 Å². The Kier molecular flexibility index (Phi) is 3.85. The van der Waals surface area contributed by atoms with Crippen LogP contribution in [0.15, 0.2) is 17.6 Å². The Morgan fingerprint density at radius 1 is 1.39 bits per heavy atom. The molecule has 0 fully saturated rings. The third-order valence-electron chi connectivity index (χ3n) is 3.82. The third kappa shape index (κ3) is 2.81. The summed E-state index contributed by atoms with van der Waals surface area (Å²) in [6.45, 7) is 7.80. The van der Waals surface area contributed by atoms with Crippen molar-refractivity contribution in [3.63, 3.8) is 0 Å². The van der Waals surface area contributed by atoms with Crippen LogP contribution >= 0.6 is 11.3 Å². The first-order valence-corrected chi connectivity index (χ1v) is 8.24. The fourth-order valence-corrected chi connectivity index (χ4v) is 3.20. The van der Waals surface area contributed by atoms with Gasteiger partial charge in [-0.25, -0.2) is 14.5 Å². The first kappa shape index (κ1) is 15.5. The van der Waals surface area contributed by atoms with E-state index in [1.807, 2.05) is 39.1 Å². The zero-order valence-corrected chi connectivity index (χ0v) is 14.3. The lowest BCUT2D eigenvalue weighted by atomic mass is 10.00. The number of carbonyl (C=O) groups excluding carboxylic acids is 1. The fourth-order valence-electron chi connectivity index (χ4n) is 2.21. The van der Waals surface area contributed by atoms with Gasteiger partial charge in [-0.15, -0.1) is 16.4 Å². The van der Waals surface area contributed by atoms with Crippen LogP contribution in [0.1, 0.15) is 47.3 Å². The summed E-state index contributed by atoms with van der Waals surface area (Å²) in [6.07, 6.45) is 2.37. The summed E-state index contributed by atoms with van der Waals surface area (Å²) in [5.41, 5.74) is 1.27. The van der Waals surface area contributed by atoms with E-state index in [-0.39, 0.29) is 11.7 Å². The van der Waals surface area contributed by atoms with Crippen molar-refractivity contribution >= 4 is 23.0 Å². The highest BCUT2D eigenvalue weighted by molar-refractivity contribution is 7.09. The van der Waals surface area contributed by atoms with Crippen molar-refractivity contribution < 1.29 is 4.79 Å². The van der Waals surface area contributed by atoms with Gasteiger partial charge in [0.05, 0.1) is 5.54 Å². The molecule has 3 rings (SSSR count). The topological polar surface area (TPSA) is 85.1 Å². The zero-order valence-electron chi connectivity index (χ0n) is 13.5.